The monoisotopic (exact) mass is 397 g/mol. The molecule has 3 rings (SSSR count). The van der Waals surface area contributed by atoms with Crippen molar-refractivity contribution < 1.29 is 16.8 Å². The smallest absolute Gasteiger partial charge is 0.262 e. The lowest BCUT2D eigenvalue weighted by atomic mass is 10.2. The predicted molar refractivity (Wildman–Crippen MR) is 95.4 cm³/mol. The molecule has 0 bridgehead atoms. The first-order valence-corrected chi connectivity index (χ1v) is 10.3. The Balaban J connectivity index is 2.08. The SMILES string of the molecule is NS(=O)(=O)c1cccc(S(=O)(=O)Nc2ccc(Cl)c3cccnc23)c1. The molecule has 0 saturated carbocycles. The Labute approximate surface area is 149 Å². The maximum absolute atomic E-state index is 12.6. The molecule has 0 amide bonds. The van der Waals surface area contributed by atoms with Crippen LogP contribution in [0.1, 0.15) is 0 Å². The second-order valence-electron chi connectivity index (χ2n) is 5.12. The molecule has 0 atom stereocenters. The van der Waals surface area contributed by atoms with Crippen molar-refractivity contribution in [2.45, 2.75) is 9.79 Å². The number of nitrogens with one attached hydrogen (secondary N) is 1. The Morgan fingerprint density at radius 2 is 1.68 bits per heavy atom. The topological polar surface area (TPSA) is 119 Å². The summed E-state index contributed by atoms with van der Waals surface area (Å²) in [7, 11) is -8.07. The average Bonchev–Trinajstić information content (AvgIpc) is 2.57. The number of fused-ring (bicyclic) bond motifs is 1. The van der Waals surface area contributed by atoms with E-state index in [9.17, 15) is 16.8 Å². The number of anilines is 1. The predicted octanol–water partition coefficient (Wildman–Crippen LogP) is 2.34. The molecule has 0 aliphatic rings. The number of sulfonamides is 2. The maximum Gasteiger partial charge on any atom is 0.262 e. The standard InChI is InChI=1S/C15H12ClN3O4S2/c16-13-6-7-14(15-12(13)5-2-8-18-15)19-25(22,23)11-4-1-3-10(9-11)24(17,20)21/h1-9,19H,(H2,17,20,21). The summed E-state index contributed by atoms with van der Waals surface area (Å²) in [6.07, 6.45) is 1.51. The van der Waals surface area contributed by atoms with Crippen LogP contribution in [0, 0.1) is 0 Å². The van der Waals surface area contributed by atoms with Crippen LogP contribution in [0.2, 0.25) is 5.02 Å². The lowest BCUT2D eigenvalue weighted by Gasteiger charge is -2.11. The molecule has 0 fully saturated rings. The van der Waals surface area contributed by atoms with Gasteiger partial charge in [-0.2, -0.15) is 0 Å². The molecule has 1 aromatic heterocycles. The highest BCUT2D eigenvalue weighted by atomic mass is 35.5. The minimum Gasteiger partial charge on any atom is -0.277 e. The summed E-state index contributed by atoms with van der Waals surface area (Å²) in [4.78, 5) is 3.61. The summed E-state index contributed by atoms with van der Waals surface area (Å²) < 4.78 is 50.4. The summed E-state index contributed by atoms with van der Waals surface area (Å²) >= 11 is 6.09. The van der Waals surface area contributed by atoms with Crippen LogP contribution in [0.5, 0.6) is 0 Å². The van der Waals surface area contributed by atoms with Crippen molar-refractivity contribution in [3.8, 4) is 0 Å². The number of primary sulfonamides is 1. The number of halogens is 1. The van der Waals surface area contributed by atoms with Gasteiger partial charge in [-0.3, -0.25) is 9.71 Å². The van der Waals surface area contributed by atoms with E-state index in [2.05, 4.69) is 9.71 Å². The van der Waals surface area contributed by atoms with Crippen molar-refractivity contribution in [1.82, 2.24) is 4.98 Å². The molecule has 0 aliphatic carbocycles. The first-order valence-electron chi connectivity index (χ1n) is 6.87. The number of pyridine rings is 1. The van der Waals surface area contributed by atoms with Crippen LogP contribution in [0.4, 0.5) is 5.69 Å². The molecule has 7 nitrogen and oxygen atoms in total. The number of hydrogen-bond acceptors (Lipinski definition) is 5. The summed E-state index contributed by atoms with van der Waals surface area (Å²) in [6, 6.07) is 11.2. The van der Waals surface area contributed by atoms with Gasteiger partial charge in [0.25, 0.3) is 10.0 Å². The fourth-order valence-electron chi connectivity index (χ4n) is 2.24. The third-order valence-corrected chi connectivity index (χ3v) is 6.01. The summed E-state index contributed by atoms with van der Waals surface area (Å²) in [5, 5.41) is 6.06. The van der Waals surface area contributed by atoms with Crippen LogP contribution in [-0.4, -0.2) is 21.8 Å². The van der Waals surface area contributed by atoms with Crippen molar-refractivity contribution in [2.75, 3.05) is 4.72 Å². The normalized spacial score (nSPS) is 12.2. The van der Waals surface area contributed by atoms with Gasteiger partial charge in [0.15, 0.2) is 0 Å². The highest BCUT2D eigenvalue weighted by Crippen LogP contribution is 2.29. The Kier molecular flexibility index (Phi) is 4.41. The molecule has 0 aliphatic heterocycles. The van der Waals surface area contributed by atoms with Gasteiger partial charge >= 0.3 is 0 Å². The average molecular weight is 398 g/mol. The Morgan fingerprint density at radius 3 is 2.40 bits per heavy atom. The molecule has 25 heavy (non-hydrogen) atoms. The van der Waals surface area contributed by atoms with Crippen LogP contribution in [0.25, 0.3) is 10.9 Å². The molecule has 0 unspecified atom stereocenters. The van der Waals surface area contributed by atoms with E-state index in [0.717, 1.165) is 6.07 Å². The van der Waals surface area contributed by atoms with E-state index in [0.29, 0.717) is 15.9 Å². The lowest BCUT2D eigenvalue weighted by Crippen LogP contribution is -2.16. The van der Waals surface area contributed by atoms with Gasteiger partial charge in [-0.05, 0) is 42.5 Å². The Morgan fingerprint density at radius 1 is 0.960 bits per heavy atom. The Bertz CT molecular complexity index is 1180. The second-order valence-corrected chi connectivity index (χ2v) is 8.77. The molecule has 2 aromatic carbocycles. The zero-order valence-corrected chi connectivity index (χ0v) is 14.9. The fraction of sp³-hybridized carbons (Fsp3) is 0. The molecule has 130 valence electrons. The third kappa shape index (κ3) is 3.59. The van der Waals surface area contributed by atoms with Gasteiger partial charge in [0.2, 0.25) is 10.0 Å². The third-order valence-electron chi connectivity index (χ3n) is 3.41. The van der Waals surface area contributed by atoms with E-state index < -0.39 is 20.0 Å². The largest absolute Gasteiger partial charge is 0.277 e. The molecule has 3 aromatic rings. The van der Waals surface area contributed by atoms with Gasteiger partial charge in [-0.1, -0.05) is 17.7 Å². The van der Waals surface area contributed by atoms with Crippen molar-refractivity contribution in [3.05, 3.63) is 59.8 Å². The summed E-state index contributed by atoms with van der Waals surface area (Å²) in [5.41, 5.74) is 0.599. The molecule has 0 saturated heterocycles. The quantitative estimate of drug-likeness (QED) is 0.700. The van der Waals surface area contributed by atoms with Crippen molar-refractivity contribution in [3.63, 3.8) is 0 Å². The first kappa shape index (κ1) is 17.6. The van der Waals surface area contributed by atoms with Crippen LogP contribution >= 0.6 is 11.6 Å². The van der Waals surface area contributed by atoms with Gasteiger partial charge in [0, 0.05) is 11.6 Å². The van der Waals surface area contributed by atoms with E-state index >= 15 is 0 Å². The highest BCUT2D eigenvalue weighted by molar-refractivity contribution is 7.93. The van der Waals surface area contributed by atoms with E-state index in [1.165, 1.54) is 30.5 Å². The van der Waals surface area contributed by atoms with Gasteiger partial charge in [-0.15, -0.1) is 0 Å². The van der Waals surface area contributed by atoms with Crippen LogP contribution in [-0.2, 0) is 20.0 Å². The van der Waals surface area contributed by atoms with Crippen LogP contribution in [0.15, 0.2) is 64.5 Å². The summed E-state index contributed by atoms with van der Waals surface area (Å²) in [5.74, 6) is 0. The Hall–Kier alpha value is -2.20. The summed E-state index contributed by atoms with van der Waals surface area (Å²) in [6.45, 7) is 0. The van der Waals surface area contributed by atoms with Gasteiger partial charge in [-0.25, -0.2) is 22.0 Å². The number of hydrogen-bond donors (Lipinski definition) is 2. The van der Waals surface area contributed by atoms with Crippen molar-refractivity contribution in [1.29, 1.82) is 0 Å². The molecule has 3 N–H and O–H groups in total. The zero-order chi connectivity index (χ0) is 18.2. The molecular formula is C15H12ClN3O4S2. The minimum absolute atomic E-state index is 0.223. The fourth-order valence-corrected chi connectivity index (χ4v) is 4.20. The molecular weight excluding hydrogens is 386 g/mol. The lowest BCUT2D eigenvalue weighted by molar-refractivity contribution is 0.597. The van der Waals surface area contributed by atoms with Gasteiger partial charge in [0.05, 0.1) is 26.0 Å². The first-order chi connectivity index (χ1) is 11.7. The second kappa shape index (κ2) is 6.26. The maximum atomic E-state index is 12.6. The number of rotatable bonds is 4. The van der Waals surface area contributed by atoms with Crippen LogP contribution in [0.3, 0.4) is 0 Å². The van der Waals surface area contributed by atoms with E-state index in [4.69, 9.17) is 16.7 Å². The number of nitrogens with two attached hydrogens (primary N) is 1. The van der Waals surface area contributed by atoms with Crippen LogP contribution < -0.4 is 9.86 Å². The van der Waals surface area contributed by atoms with Crippen molar-refractivity contribution in [2.24, 2.45) is 5.14 Å². The minimum atomic E-state index is -4.05. The van der Waals surface area contributed by atoms with E-state index in [-0.39, 0.29) is 15.5 Å². The van der Waals surface area contributed by atoms with Gasteiger partial charge < -0.3 is 0 Å². The van der Waals surface area contributed by atoms with E-state index in [1.807, 2.05) is 0 Å². The number of aromatic nitrogens is 1. The molecule has 0 radical (unpaired) electrons. The van der Waals surface area contributed by atoms with Crippen molar-refractivity contribution >= 4 is 48.2 Å². The molecule has 0 spiro atoms. The van der Waals surface area contributed by atoms with E-state index in [1.54, 1.807) is 18.2 Å². The number of benzene rings is 2. The van der Waals surface area contributed by atoms with Gasteiger partial charge in [0.1, 0.15) is 0 Å². The zero-order valence-electron chi connectivity index (χ0n) is 12.5. The molecule has 10 heteroatoms. The molecule has 1 heterocycles. The number of nitrogens with zero attached hydrogens (tertiary/aromatic N) is 1. The highest BCUT2D eigenvalue weighted by Gasteiger charge is 2.19.